The minimum atomic E-state index is -0.169. The van der Waals surface area contributed by atoms with E-state index in [1.165, 1.54) is 11.3 Å². The molecule has 1 amide bonds. The van der Waals surface area contributed by atoms with Crippen molar-refractivity contribution in [1.29, 1.82) is 0 Å². The fraction of sp³-hybridized carbons (Fsp3) is 0.500. The van der Waals surface area contributed by atoms with Gasteiger partial charge in [0.05, 0.1) is 17.5 Å². The Labute approximate surface area is 116 Å². The van der Waals surface area contributed by atoms with Crippen molar-refractivity contribution in [3.8, 4) is 0 Å². The van der Waals surface area contributed by atoms with E-state index in [9.17, 15) is 9.90 Å². The maximum absolute atomic E-state index is 11.9. The summed E-state index contributed by atoms with van der Waals surface area (Å²) < 4.78 is 0. The van der Waals surface area contributed by atoms with Crippen molar-refractivity contribution in [2.75, 3.05) is 13.2 Å². The molecule has 1 saturated heterocycles. The summed E-state index contributed by atoms with van der Waals surface area (Å²) in [6.07, 6.45) is 3.07. The van der Waals surface area contributed by atoms with Gasteiger partial charge in [-0.15, -0.1) is 11.3 Å². The highest BCUT2D eigenvalue weighted by atomic mass is 32.1. The molecule has 0 unspecified atom stereocenters. The van der Waals surface area contributed by atoms with Crippen molar-refractivity contribution in [1.82, 2.24) is 10.2 Å². The summed E-state index contributed by atoms with van der Waals surface area (Å²) in [5, 5.41) is 14.3. The molecule has 0 saturated carbocycles. The van der Waals surface area contributed by atoms with Gasteiger partial charge >= 0.3 is 0 Å². The molecule has 0 spiro atoms. The standard InChI is InChI=1S/C12H16N2O2S2/c15-8-9-4-1-2-6-14(9)12(17)13-11(16)10-5-3-7-18-10/h3,5,7,9,15H,1-2,4,6,8H2,(H,13,16,17)/t9-/m1/s1. The number of thiocarbonyl (C=S) groups is 1. The normalized spacial score (nSPS) is 19.6. The van der Waals surface area contributed by atoms with Crippen LogP contribution in [0.2, 0.25) is 0 Å². The summed E-state index contributed by atoms with van der Waals surface area (Å²) in [5.41, 5.74) is 0. The maximum Gasteiger partial charge on any atom is 0.267 e. The van der Waals surface area contributed by atoms with Crippen LogP contribution in [-0.2, 0) is 0 Å². The lowest BCUT2D eigenvalue weighted by atomic mass is 10.0. The van der Waals surface area contributed by atoms with Crippen LogP contribution in [0.25, 0.3) is 0 Å². The lowest BCUT2D eigenvalue weighted by Gasteiger charge is -2.36. The van der Waals surface area contributed by atoms with Crippen LogP contribution in [0.3, 0.4) is 0 Å². The number of hydrogen-bond donors (Lipinski definition) is 2. The molecule has 0 radical (unpaired) electrons. The molecule has 2 rings (SSSR count). The summed E-state index contributed by atoms with van der Waals surface area (Å²) in [5.74, 6) is -0.169. The van der Waals surface area contributed by atoms with Gasteiger partial charge in [-0.25, -0.2) is 0 Å². The van der Waals surface area contributed by atoms with Crippen LogP contribution in [0.4, 0.5) is 0 Å². The molecule has 1 fully saturated rings. The topological polar surface area (TPSA) is 52.6 Å². The fourth-order valence-electron chi connectivity index (χ4n) is 2.10. The number of amides is 1. The smallest absolute Gasteiger partial charge is 0.267 e. The number of nitrogens with one attached hydrogen (secondary N) is 1. The van der Waals surface area contributed by atoms with Gasteiger partial charge < -0.3 is 10.0 Å². The van der Waals surface area contributed by atoms with E-state index in [0.717, 1.165) is 25.8 Å². The predicted molar refractivity (Wildman–Crippen MR) is 75.8 cm³/mol. The number of aliphatic hydroxyl groups excluding tert-OH is 1. The molecule has 0 aromatic carbocycles. The van der Waals surface area contributed by atoms with Crippen molar-refractivity contribution < 1.29 is 9.90 Å². The van der Waals surface area contributed by atoms with E-state index in [1.807, 2.05) is 16.3 Å². The highest BCUT2D eigenvalue weighted by molar-refractivity contribution is 7.80. The van der Waals surface area contributed by atoms with E-state index >= 15 is 0 Å². The molecular weight excluding hydrogens is 268 g/mol. The molecule has 2 N–H and O–H groups in total. The van der Waals surface area contributed by atoms with Crippen LogP contribution in [0.1, 0.15) is 28.9 Å². The first-order valence-corrected chi connectivity index (χ1v) is 7.27. The third-order valence-corrected chi connectivity index (χ3v) is 4.27. The lowest BCUT2D eigenvalue weighted by Crippen LogP contribution is -2.51. The van der Waals surface area contributed by atoms with Crippen LogP contribution in [0.5, 0.6) is 0 Å². The number of rotatable bonds is 2. The van der Waals surface area contributed by atoms with E-state index in [1.54, 1.807) is 6.07 Å². The molecule has 4 nitrogen and oxygen atoms in total. The Morgan fingerprint density at radius 3 is 3.11 bits per heavy atom. The van der Waals surface area contributed by atoms with Gasteiger partial charge in [0, 0.05) is 6.54 Å². The van der Waals surface area contributed by atoms with Crippen molar-refractivity contribution in [3.05, 3.63) is 22.4 Å². The first-order chi connectivity index (χ1) is 8.72. The molecule has 98 valence electrons. The average Bonchev–Trinajstić information content (AvgIpc) is 2.92. The zero-order valence-electron chi connectivity index (χ0n) is 9.96. The fourth-order valence-corrected chi connectivity index (χ4v) is 3.05. The number of carbonyl (C=O) groups is 1. The number of nitrogens with zero attached hydrogens (tertiary/aromatic N) is 1. The Balaban J connectivity index is 1.96. The van der Waals surface area contributed by atoms with Crippen molar-refractivity contribution in [2.45, 2.75) is 25.3 Å². The largest absolute Gasteiger partial charge is 0.394 e. The molecule has 18 heavy (non-hydrogen) atoms. The third kappa shape index (κ3) is 3.07. The predicted octanol–water partition coefficient (Wildman–Crippen LogP) is 1.61. The van der Waals surface area contributed by atoms with E-state index in [0.29, 0.717) is 9.99 Å². The zero-order chi connectivity index (χ0) is 13.0. The molecule has 0 bridgehead atoms. The van der Waals surface area contributed by atoms with Crippen molar-refractivity contribution in [3.63, 3.8) is 0 Å². The summed E-state index contributed by atoms with van der Waals surface area (Å²) in [6, 6.07) is 3.64. The minimum Gasteiger partial charge on any atom is -0.394 e. The lowest BCUT2D eigenvalue weighted by molar-refractivity contribution is 0.0966. The quantitative estimate of drug-likeness (QED) is 0.810. The highest BCUT2D eigenvalue weighted by Gasteiger charge is 2.24. The second-order valence-electron chi connectivity index (χ2n) is 4.26. The Morgan fingerprint density at radius 2 is 2.44 bits per heavy atom. The van der Waals surface area contributed by atoms with Gasteiger partial charge in [0.2, 0.25) is 0 Å². The van der Waals surface area contributed by atoms with Gasteiger partial charge in [-0.2, -0.15) is 0 Å². The molecule has 0 aliphatic carbocycles. The zero-order valence-corrected chi connectivity index (χ0v) is 11.6. The summed E-state index contributed by atoms with van der Waals surface area (Å²) in [4.78, 5) is 14.4. The van der Waals surface area contributed by atoms with E-state index in [4.69, 9.17) is 12.2 Å². The SMILES string of the molecule is O=C(NC(=S)N1CCCC[C@@H]1CO)c1cccs1. The number of carbonyl (C=O) groups excluding carboxylic acids is 1. The molecule has 1 aliphatic heterocycles. The number of hydrogen-bond acceptors (Lipinski definition) is 4. The Hall–Kier alpha value is -0.980. The molecule has 2 heterocycles. The van der Waals surface area contributed by atoms with Crippen LogP contribution < -0.4 is 5.32 Å². The summed E-state index contributed by atoms with van der Waals surface area (Å²) in [7, 11) is 0. The molecular formula is C12H16N2O2S2. The van der Waals surface area contributed by atoms with Crippen LogP contribution in [-0.4, -0.2) is 40.2 Å². The maximum atomic E-state index is 11.9. The number of likely N-dealkylation sites (tertiary alicyclic amines) is 1. The van der Waals surface area contributed by atoms with E-state index in [-0.39, 0.29) is 18.6 Å². The highest BCUT2D eigenvalue weighted by Crippen LogP contribution is 2.17. The van der Waals surface area contributed by atoms with Gasteiger partial charge in [0.25, 0.3) is 5.91 Å². The van der Waals surface area contributed by atoms with Gasteiger partial charge in [-0.1, -0.05) is 6.07 Å². The second-order valence-corrected chi connectivity index (χ2v) is 5.60. The summed E-state index contributed by atoms with van der Waals surface area (Å²) >= 11 is 6.64. The number of thiophene rings is 1. The van der Waals surface area contributed by atoms with Gasteiger partial charge in [0.1, 0.15) is 0 Å². The van der Waals surface area contributed by atoms with Gasteiger partial charge in [0.15, 0.2) is 5.11 Å². The van der Waals surface area contributed by atoms with Crippen LogP contribution in [0, 0.1) is 0 Å². The molecule has 6 heteroatoms. The number of piperidine rings is 1. The minimum absolute atomic E-state index is 0.0369. The van der Waals surface area contributed by atoms with Crippen molar-refractivity contribution >= 4 is 34.6 Å². The second kappa shape index (κ2) is 6.26. The monoisotopic (exact) mass is 284 g/mol. The number of aliphatic hydroxyl groups is 1. The summed E-state index contributed by atoms with van der Waals surface area (Å²) in [6.45, 7) is 0.879. The van der Waals surface area contributed by atoms with Gasteiger partial charge in [-0.3, -0.25) is 10.1 Å². The molecule has 1 atom stereocenters. The average molecular weight is 284 g/mol. The Morgan fingerprint density at radius 1 is 1.61 bits per heavy atom. The van der Waals surface area contributed by atoms with Gasteiger partial charge in [-0.05, 0) is 42.9 Å². The first-order valence-electron chi connectivity index (χ1n) is 5.98. The van der Waals surface area contributed by atoms with Crippen molar-refractivity contribution in [2.24, 2.45) is 0 Å². The van der Waals surface area contributed by atoms with Crippen LogP contribution >= 0.6 is 23.6 Å². The molecule has 1 aromatic heterocycles. The third-order valence-electron chi connectivity index (χ3n) is 3.06. The Kier molecular flexibility index (Phi) is 4.68. The van der Waals surface area contributed by atoms with Crippen LogP contribution in [0.15, 0.2) is 17.5 Å². The van der Waals surface area contributed by atoms with E-state index < -0.39 is 0 Å². The Bertz CT molecular complexity index is 420. The molecule has 1 aliphatic rings. The van der Waals surface area contributed by atoms with E-state index in [2.05, 4.69) is 5.32 Å². The first kappa shape index (κ1) is 13.5. The molecule has 1 aromatic rings.